The van der Waals surface area contributed by atoms with Crippen molar-refractivity contribution in [2.24, 2.45) is 0 Å². The molecule has 0 atom stereocenters. The molecule has 0 aliphatic carbocycles. The Morgan fingerprint density at radius 3 is 2.50 bits per heavy atom. The van der Waals surface area contributed by atoms with Crippen LogP contribution in [-0.4, -0.2) is 28.3 Å². The van der Waals surface area contributed by atoms with E-state index in [1.54, 1.807) is 53.1 Å². The van der Waals surface area contributed by atoms with Crippen LogP contribution in [0.5, 0.6) is 11.5 Å². The molecule has 0 spiro atoms. The van der Waals surface area contributed by atoms with E-state index < -0.39 is 5.97 Å². The van der Waals surface area contributed by atoms with Crippen molar-refractivity contribution >= 4 is 40.1 Å². The van der Waals surface area contributed by atoms with Crippen molar-refractivity contribution in [1.82, 2.24) is 4.57 Å². The molecule has 1 amide bonds. The molecule has 8 heteroatoms. The van der Waals surface area contributed by atoms with Crippen molar-refractivity contribution < 1.29 is 24.2 Å². The molecule has 2 heterocycles. The number of rotatable bonds is 5. The molecule has 0 saturated carbocycles. The quantitative estimate of drug-likeness (QED) is 0.447. The minimum Gasteiger partial charge on any atom is -0.477 e. The van der Waals surface area contributed by atoms with Crippen LogP contribution in [0.25, 0.3) is 10.9 Å². The highest BCUT2D eigenvalue weighted by Gasteiger charge is 2.20. The van der Waals surface area contributed by atoms with Gasteiger partial charge >= 0.3 is 5.97 Å². The van der Waals surface area contributed by atoms with Crippen molar-refractivity contribution in [2.45, 2.75) is 6.54 Å². The summed E-state index contributed by atoms with van der Waals surface area (Å²) in [5.41, 5.74) is 2.57. The molecule has 0 bridgehead atoms. The van der Waals surface area contributed by atoms with E-state index in [9.17, 15) is 14.7 Å². The Hall–Kier alpha value is -3.97. The SMILES string of the molecule is O=C(Nc1ccccc1)c1ccc2c(c1)cc(C(=O)O)n2Cc1cc2c(cc1Cl)OCO2. The van der Waals surface area contributed by atoms with Crippen molar-refractivity contribution in [2.75, 3.05) is 12.1 Å². The van der Waals surface area contributed by atoms with Gasteiger partial charge in [0.25, 0.3) is 5.91 Å². The Labute approximate surface area is 187 Å². The number of halogens is 1. The van der Waals surface area contributed by atoms with Crippen LogP contribution in [0.4, 0.5) is 5.69 Å². The lowest BCUT2D eigenvalue weighted by Crippen LogP contribution is -2.12. The molecule has 7 nitrogen and oxygen atoms in total. The number of nitrogens with zero attached hydrogens (tertiary/aromatic N) is 1. The number of anilines is 1. The van der Waals surface area contributed by atoms with E-state index in [4.69, 9.17) is 21.1 Å². The van der Waals surface area contributed by atoms with Gasteiger partial charge in [0.2, 0.25) is 6.79 Å². The summed E-state index contributed by atoms with van der Waals surface area (Å²) in [6.07, 6.45) is 0. The maximum atomic E-state index is 12.6. The average Bonchev–Trinajstić information content (AvgIpc) is 3.38. The van der Waals surface area contributed by atoms with Crippen LogP contribution >= 0.6 is 11.6 Å². The van der Waals surface area contributed by atoms with Gasteiger partial charge in [-0.1, -0.05) is 29.8 Å². The largest absolute Gasteiger partial charge is 0.477 e. The van der Waals surface area contributed by atoms with E-state index in [0.29, 0.717) is 44.2 Å². The fourth-order valence-electron chi connectivity index (χ4n) is 3.74. The van der Waals surface area contributed by atoms with Crippen molar-refractivity contribution in [1.29, 1.82) is 0 Å². The number of aromatic nitrogens is 1. The van der Waals surface area contributed by atoms with E-state index in [1.165, 1.54) is 0 Å². The number of ether oxygens (including phenoxy) is 2. The predicted octanol–water partition coefficient (Wildman–Crippen LogP) is 5.02. The molecule has 32 heavy (non-hydrogen) atoms. The normalized spacial score (nSPS) is 12.2. The van der Waals surface area contributed by atoms with Crippen molar-refractivity contribution in [3.8, 4) is 11.5 Å². The van der Waals surface area contributed by atoms with E-state index in [0.717, 1.165) is 0 Å². The Morgan fingerprint density at radius 1 is 1.00 bits per heavy atom. The van der Waals surface area contributed by atoms with Gasteiger partial charge in [0.05, 0.1) is 6.54 Å². The molecule has 1 aliphatic rings. The van der Waals surface area contributed by atoms with Crippen LogP contribution in [0.2, 0.25) is 5.02 Å². The van der Waals surface area contributed by atoms with Gasteiger partial charge in [0.15, 0.2) is 11.5 Å². The van der Waals surface area contributed by atoms with Crippen LogP contribution < -0.4 is 14.8 Å². The lowest BCUT2D eigenvalue weighted by atomic mass is 10.1. The zero-order chi connectivity index (χ0) is 22.2. The Balaban J connectivity index is 1.51. The second-order valence-corrected chi connectivity index (χ2v) is 7.72. The number of nitrogens with one attached hydrogen (secondary N) is 1. The summed E-state index contributed by atoms with van der Waals surface area (Å²) < 4.78 is 12.4. The molecule has 0 radical (unpaired) electrons. The third kappa shape index (κ3) is 3.63. The molecule has 5 rings (SSSR count). The zero-order valence-corrected chi connectivity index (χ0v) is 17.4. The summed E-state index contributed by atoms with van der Waals surface area (Å²) in [6.45, 7) is 0.339. The molecule has 3 aromatic carbocycles. The summed E-state index contributed by atoms with van der Waals surface area (Å²) in [5.74, 6) is -0.226. The van der Waals surface area contributed by atoms with Crippen molar-refractivity contribution in [3.63, 3.8) is 0 Å². The second-order valence-electron chi connectivity index (χ2n) is 7.31. The van der Waals surface area contributed by atoms with Gasteiger partial charge in [0.1, 0.15) is 5.69 Å². The Bertz CT molecular complexity index is 1360. The minimum atomic E-state index is -1.08. The molecule has 0 fully saturated rings. The number of amides is 1. The Kier molecular flexibility index (Phi) is 4.95. The van der Waals surface area contributed by atoms with Gasteiger partial charge in [-0.15, -0.1) is 0 Å². The number of aromatic carboxylic acids is 1. The van der Waals surface area contributed by atoms with Crippen molar-refractivity contribution in [3.05, 3.63) is 88.6 Å². The first kappa shape index (κ1) is 20.0. The second kappa shape index (κ2) is 7.94. The van der Waals surface area contributed by atoms with E-state index in [1.807, 2.05) is 18.2 Å². The fourth-order valence-corrected chi connectivity index (χ4v) is 3.95. The van der Waals surface area contributed by atoms with E-state index >= 15 is 0 Å². The van der Waals surface area contributed by atoms with Crippen LogP contribution in [0.1, 0.15) is 26.4 Å². The summed E-state index contributed by atoms with van der Waals surface area (Å²) >= 11 is 6.40. The summed E-state index contributed by atoms with van der Waals surface area (Å²) in [5, 5.41) is 13.7. The monoisotopic (exact) mass is 448 g/mol. The predicted molar refractivity (Wildman–Crippen MR) is 120 cm³/mol. The van der Waals surface area contributed by atoms with Gasteiger partial charge in [-0.3, -0.25) is 4.79 Å². The maximum absolute atomic E-state index is 12.6. The highest BCUT2D eigenvalue weighted by Crippen LogP contribution is 2.37. The molecular formula is C24H17ClN2O5. The van der Waals surface area contributed by atoms with Crippen LogP contribution in [-0.2, 0) is 6.54 Å². The van der Waals surface area contributed by atoms with Gasteiger partial charge in [0, 0.05) is 33.2 Å². The van der Waals surface area contributed by atoms with Gasteiger partial charge in [-0.25, -0.2) is 4.79 Å². The van der Waals surface area contributed by atoms with E-state index in [-0.39, 0.29) is 24.9 Å². The third-order valence-corrected chi connectivity index (χ3v) is 5.64. The number of para-hydroxylation sites is 1. The number of carboxylic acid groups (broad SMARTS) is 1. The first-order valence-electron chi connectivity index (χ1n) is 9.80. The number of carbonyl (C=O) groups is 2. The smallest absolute Gasteiger partial charge is 0.352 e. The molecule has 2 N–H and O–H groups in total. The molecule has 1 aromatic heterocycles. The third-order valence-electron chi connectivity index (χ3n) is 5.28. The first-order valence-corrected chi connectivity index (χ1v) is 10.2. The average molecular weight is 449 g/mol. The van der Waals surface area contributed by atoms with Gasteiger partial charge in [-0.05, 0) is 48.0 Å². The number of fused-ring (bicyclic) bond motifs is 2. The summed E-state index contributed by atoms with van der Waals surface area (Å²) in [6, 6.07) is 19.2. The number of carbonyl (C=O) groups excluding carboxylic acids is 1. The number of hydrogen-bond acceptors (Lipinski definition) is 4. The Morgan fingerprint density at radius 2 is 1.75 bits per heavy atom. The molecule has 160 valence electrons. The van der Waals surface area contributed by atoms with Crippen LogP contribution in [0.15, 0.2) is 66.7 Å². The lowest BCUT2D eigenvalue weighted by Gasteiger charge is -2.11. The lowest BCUT2D eigenvalue weighted by molar-refractivity contribution is 0.0686. The highest BCUT2D eigenvalue weighted by molar-refractivity contribution is 6.31. The topological polar surface area (TPSA) is 89.8 Å². The zero-order valence-electron chi connectivity index (χ0n) is 16.7. The highest BCUT2D eigenvalue weighted by atomic mass is 35.5. The molecule has 1 aliphatic heterocycles. The summed E-state index contributed by atoms with van der Waals surface area (Å²) in [7, 11) is 0. The molecule has 0 saturated heterocycles. The number of benzene rings is 3. The molecule has 4 aromatic rings. The standard InChI is InChI=1S/C24H17ClN2O5/c25-18-11-22-21(31-13-32-22)10-16(18)12-27-19-7-6-14(8-15(19)9-20(27)24(29)30)23(28)26-17-4-2-1-3-5-17/h1-11H,12-13H2,(H,26,28)(H,29,30). The number of carboxylic acids is 1. The number of hydrogen-bond donors (Lipinski definition) is 2. The minimum absolute atomic E-state index is 0.0920. The van der Waals surface area contributed by atoms with Crippen LogP contribution in [0, 0.1) is 0 Å². The van der Waals surface area contributed by atoms with E-state index in [2.05, 4.69) is 5.32 Å². The van der Waals surface area contributed by atoms with Crippen LogP contribution in [0.3, 0.4) is 0 Å². The fraction of sp³-hybridized carbons (Fsp3) is 0.0833. The maximum Gasteiger partial charge on any atom is 0.352 e. The molecular weight excluding hydrogens is 432 g/mol. The first-order chi connectivity index (χ1) is 15.5. The van der Waals surface area contributed by atoms with Gasteiger partial charge < -0.3 is 24.5 Å². The van der Waals surface area contributed by atoms with Gasteiger partial charge in [-0.2, -0.15) is 0 Å². The summed E-state index contributed by atoms with van der Waals surface area (Å²) in [4.78, 5) is 24.6. The molecule has 0 unspecified atom stereocenters.